The van der Waals surface area contributed by atoms with Gasteiger partial charge in [0.25, 0.3) is 0 Å². The van der Waals surface area contributed by atoms with E-state index in [0.717, 1.165) is 17.8 Å². The van der Waals surface area contributed by atoms with Crippen molar-refractivity contribution in [2.75, 3.05) is 0 Å². The predicted octanol–water partition coefficient (Wildman–Crippen LogP) is 4.02. The highest BCUT2D eigenvalue weighted by Gasteiger charge is 2.32. The van der Waals surface area contributed by atoms with E-state index in [1.54, 1.807) is 0 Å². The molecule has 100 valence electrons. The number of benzene rings is 1. The molecule has 2 nitrogen and oxygen atoms in total. The highest BCUT2D eigenvalue weighted by atomic mass is 35.5. The second-order valence-corrected chi connectivity index (χ2v) is 4.47. The quantitative estimate of drug-likeness (QED) is 0.797. The Morgan fingerprint density at radius 3 is 2.42 bits per heavy atom. The molecule has 0 saturated heterocycles. The number of hydrogen-bond acceptors (Lipinski definition) is 2. The number of aromatic nitrogens is 2. The molecule has 1 heterocycles. The van der Waals surface area contributed by atoms with E-state index in [-0.39, 0.29) is 12.2 Å². The molecule has 0 N–H and O–H groups in total. The Balaban J connectivity index is 2.16. The fraction of sp³-hybridized carbons (Fsp3) is 0.231. The maximum absolute atomic E-state index is 12.5. The second kappa shape index (κ2) is 5.57. The van der Waals surface area contributed by atoms with Gasteiger partial charge < -0.3 is 0 Å². The third kappa shape index (κ3) is 3.67. The second-order valence-electron chi connectivity index (χ2n) is 3.94. The summed E-state index contributed by atoms with van der Waals surface area (Å²) in [6.45, 7) is 0. The van der Waals surface area contributed by atoms with Crippen molar-refractivity contribution >= 4 is 11.6 Å². The van der Waals surface area contributed by atoms with Gasteiger partial charge in [-0.15, -0.1) is 11.6 Å². The minimum atomic E-state index is -4.47. The number of alkyl halides is 4. The number of hydrogen-bond donors (Lipinski definition) is 0. The average Bonchev–Trinajstić information content (AvgIpc) is 2.39. The molecule has 0 amide bonds. The monoisotopic (exact) mass is 286 g/mol. The van der Waals surface area contributed by atoms with Gasteiger partial charge >= 0.3 is 6.18 Å². The zero-order valence-corrected chi connectivity index (χ0v) is 10.5. The molecule has 19 heavy (non-hydrogen) atoms. The van der Waals surface area contributed by atoms with Crippen LogP contribution in [0.4, 0.5) is 13.2 Å². The zero-order chi connectivity index (χ0) is 13.9. The van der Waals surface area contributed by atoms with E-state index >= 15 is 0 Å². The molecule has 2 aromatic rings. The van der Waals surface area contributed by atoms with Gasteiger partial charge in [0.2, 0.25) is 0 Å². The lowest BCUT2D eigenvalue weighted by Crippen LogP contribution is -2.11. The Bertz CT molecular complexity index is 543. The summed E-state index contributed by atoms with van der Waals surface area (Å²) in [4.78, 5) is 7.31. The van der Waals surface area contributed by atoms with E-state index in [9.17, 15) is 13.2 Å². The SMILES string of the molecule is FC(F)(F)c1ccnc(CC(Cl)c2ccccc2)n1. The number of rotatable bonds is 3. The lowest BCUT2D eigenvalue weighted by Gasteiger charge is -2.10. The van der Waals surface area contributed by atoms with Crippen LogP contribution in [-0.4, -0.2) is 9.97 Å². The molecule has 0 aliphatic carbocycles. The van der Waals surface area contributed by atoms with Crippen LogP contribution in [0.5, 0.6) is 0 Å². The molecule has 1 unspecified atom stereocenters. The maximum atomic E-state index is 12.5. The molecule has 0 spiro atoms. The van der Waals surface area contributed by atoms with Gasteiger partial charge in [0.05, 0.1) is 5.38 Å². The summed E-state index contributed by atoms with van der Waals surface area (Å²) < 4.78 is 37.5. The molecule has 0 aliphatic heterocycles. The first-order valence-electron chi connectivity index (χ1n) is 5.55. The fourth-order valence-electron chi connectivity index (χ4n) is 1.60. The summed E-state index contributed by atoms with van der Waals surface area (Å²) in [5.41, 5.74) is -0.125. The molecule has 0 bridgehead atoms. The normalized spacial score (nSPS) is 13.3. The van der Waals surface area contributed by atoms with Gasteiger partial charge in [0, 0.05) is 12.6 Å². The first kappa shape index (κ1) is 13.8. The highest BCUT2D eigenvalue weighted by molar-refractivity contribution is 6.20. The minimum Gasteiger partial charge on any atom is -0.241 e. The smallest absolute Gasteiger partial charge is 0.241 e. The molecule has 1 aromatic heterocycles. The first-order chi connectivity index (χ1) is 8.97. The van der Waals surface area contributed by atoms with Crippen LogP contribution >= 0.6 is 11.6 Å². The van der Waals surface area contributed by atoms with Crippen LogP contribution in [0, 0.1) is 0 Å². The van der Waals surface area contributed by atoms with Crippen molar-refractivity contribution in [1.82, 2.24) is 9.97 Å². The van der Waals surface area contributed by atoms with Crippen LogP contribution in [0.25, 0.3) is 0 Å². The molecule has 0 radical (unpaired) electrons. The van der Waals surface area contributed by atoms with Crippen molar-refractivity contribution in [2.24, 2.45) is 0 Å². The van der Waals surface area contributed by atoms with E-state index in [2.05, 4.69) is 9.97 Å². The topological polar surface area (TPSA) is 25.8 Å². The van der Waals surface area contributed by atoms with Crippen LogP contribution in [-0.2, 0) is 12.6 Å². The fourth-order valence-corrected chi connectivity index (χ4v) is 1.88. The molecule has 0 fully saturated rings. The first-order valence-corrected chi connectivity index (χ1v) is 5.98. The molecule has 1 aromatic carbocycles. The Morgan fingerprint density at radius 1 is 1.11 bits per heavy atom. The minimum absolute atomic E-state index is 0.0821. The van der Waals surface area contributed by atoms with Gasteiger partial charge in [-0.1, -0.05) is 30.3 Å². The van der Waals surface area contributed by atoms with Crippen molar-refractivity contribution in [1.29, 1.82) is 0 Å². The van der Waals surface area contributed by atoms with Crippen LogP contribution in [0.2, 0.25) is 0 Å². The zero-order valence-electron chi connectivity index (χ0n) is 9.73. The van der Waals surface area contributed by atoms with Gasteiger partial charge in [0.1, 0.15) is 11.5 Å². The molecule has 0 aliphatic rings. The maximum Gasteiger partial charge on any atom is 0.433 e. The summed E-state index contributed by atoms with van der Waals surface area (Å²) in [7, 11) is 0. The van der Waals surface area contributed by atoms with Crippen molar-refractivity contribution in [3.05, 3.63) is 59.7 Å². The molecule has 2 rings (SSSR count). The van der Waals surface area contributed by atoms with Crippen LogP contribution < -0.4 is 0 Å². The Hall–Kier alpha value is -1.62. The predicted molar refractivity (Wildman–Crippen MR) is 65.8 cm³/mol. The highest BCUT2D eigenvalue weighted by Crippen LogP contribution is 2.28. The summed E-state index contributed by atoms with van der Waals surface area (Å²) in [5, 5.41) is -0.454. The average molecular weight is 287 g/mol. The van der Waals surface area contributed by atoms with Gasteiger partial charge in [0.15, 0.2) is 0 Å². The number of nitrogens with zero attached hydrogens (tertiary/aromatic N) is 2. The van der Waals surface area contributed by atoms with Crippen LogP contribution in [0.3, 0.4) is 0 Å². The van der Waals surface area contributed by atoms with Crippen molar-refractivity contribution < 1.29 is 13.2 Å². The van der Waals surface area contributed by atoms with Crippen LogP contribution in [0.1, 0.15) is 22.5 Å². The van der Waals surface area contributed by atoms with E-state index in [0.29, 0.717) is 0 Å². The van der Waals surface area contributed by atoms with E-state index < -0.39 is 17.2 Å². The Morgan fingerprint density at radius 2 is 1.79 bits per heavy atom. The molecule has 6 heteroatoms. The van der Waals surface area contributed by atoms with Crippen molar-refractivity contribution in [3.63, 3.8) is 0 Å². The summed E-state index contributed by atoms with van der Waals surface area (Å²) in [6.07, 6.45) is -3.22. The third-order valence-electron chi connectivity index (χ3n) is 2.52. The van der Waals surface area contributed by atoms with Gasteiger partial charge in [-0.05, 0) is 11.6 Å². The largest absolute Gasteiger partial charge is 0.433 e. The Labute approximate surface area is 113 Å². The van der Waals surface area contributed by atoms with E-state index in [4.69, 9.17) is 11.6 Å². The summed E-state index contributed by atoms with van der Waals surface area (Å²) >= 11 is 6.15. The standard InChI is InChI=1S/C13H10ClF3N2/c14-10(9-4-2-1-3-5-9)8-12-18-7-6-11(19-12)13(15,16)17/h1-7,10H,8H2. The molecule has 0 saturated carbocycles. The van der Waals surface area contributed by atoms with E-state index in [1.807, 2.05) is 30.3 Å². The van der Waals surface area contributed by atoms with Gasteiger partial charge in [-0.2, -0.15) is 13.2 Å². The summed E-state index contributed by atoms with van der Waals surface area (Å²) in [6, 6.07) is 9.94. The van der Waals surface area contributed by atoms with Crippen LogP contribution in [0.15, 0.2) is 42.6 Å². The number of halogens is 4. The molecular formula is C13H10ClF3N2. The third-order valence-corrected chi connectivity index (χ3v) is 2.93. The van der Waals surface area contributed by atoms with Crippen molar-refractivity contribution in [3.8, 4) is 0 Å². The molecular weight excluding hydrogens is 277 g/mol. The molecule has 1 atom stereocenters. The van der Waals surface area contributed by atoms with Gasteiger partial charge in [-0.25, -0.2) is 9.97 Å². The lowest BCUT2D eigenvalue weighted by atomic mass is 10.1. The lowest BCUT2D eigenvalue weighted by molar-refractivity contribution is -0.141. The van der Waals surface area contributed by atoms with E-state index in [1.165, 1.54) is 0 Å². The Kier molecular flexibility index (Phi) is 4.04. The van der Waals surface area contributed by atoms with Gasteiger partial charge in [-0.3, -0.25) is 0 Å². The summed E-state index contributed by atoms with van der Waals surface area (Å²) in [5.74, 6) is 0.0821. The van der Waals surface area contributed by atoms with Crippen molar-refractivity contribution in [2.45, 2.75) is 18.0 Å².